The molecule has 0 N–H and O–H groups in total. The van der Waals surface area contributed by atoms with Crippen LogP contribution in [0.5, 0.6) is 0 Å². The Labute approximate surface area is 109 Å². The van der Waals surface area contributed by atoms with Crippen LogP contribution in [0.1, 0.15) is 39.5 Å². The van der Waals surface area contributed by atoms with E-state index in [1.54, 1.807) is 19.3 Å². The highest BCUT2D eigenvalue weighted by molar-refractivity contribution is 5.73. The summed E-state index contributed by atoms with van der Waals surface area (Å²) in [5, 5.41) is 0. The maximum absolute atomic E-state index is 2.73. The highest BCUT2D eigenvalue weighted by atomic mass is 15.3. The third-order valence-corrected chi connectivity index (χ3v) is 11.1. The van der Waals surface area contributed by atoms with Gasteiger partial charge in [0.15, 0.2) is 0 Å². The predicted octanol–water partition coefficient (Wildman–Crippen LogP) is 3.57. The quantitative estimate of drug-likeness (QED) is 0.690. The molecule has 8 fully saturated rings. The Bertz CT molecular complexity index is 593. The first-order chi connectivity index (χ1) is 8.76. The van der Waals surface area contributed by atoms with E-state index in [1.165, 1.54) is 47.8 Å². The summed E-state index contributed by atoms with van der Waals surface area (Å²) >= 11 is 0. The van der Waals surface area contributed by atoms with Crippen molar-refractivity contribution in [3.05, 3.63) is 0 Å². The number of rotatable bonds is 2. The second-order valence-electron chi connectivity index (χ2n) is 9.85. The molecule has 0 aromatic carbocycles. The molecule has 8 aliphatic carbocycles. The van der Waals surface area contributed by atoms with Crippen LogP contribution in [-0.4, -0.2) is 0 Å². The van der Waals surface area contributed by atoms with E-state index < -0.39 is 0 Å². The first-order valence-corrected chi connectivity index (χ1v) is 8.76. The molecule has 0 radical (unpaired) electrons. The molecular formula is C18H22. The fourth-order valence-electron chi connectivity index (χ4n) is 12.0. The van der Waals surface area contributed by atoms with Crippen LogP contribution in [0.2, 0.25) is 0 Å². The molecule has 0 saturated heterocycles. The molecule has 3 spiro atoms. The van der Waals surface area contributed by atoms with E-state index in [2.05, 4.69) is 13.8 Å². The van der Waals surface area contributed by atoms with Crippen molar-refractivity contribution in [3.8, 4) is 0 Å². The molecule has 0 amide bonds. The molecule has 94 valence electrons. The van der Waals surface area contributed by atoms with Crippen molar-refractivity contribution in [2.45, 2.75) is 39.5 Å². The standard InChI is InChI=1S/C18H22/c1-3-4-7-8-9-10-12-11(9)17-13(8)15(7,2)5-6-16(17)14(10)18(12,16)17/h7-14H,3-6H2,1-2H3. The molecule has 0 aliphatic heterocycles. The highest BCUT2D eigenvalue weighted by Crippen LogP contribution is 3.30. The summed E-state index contributed by atoms with van der Waals surface area (Å²) in [4.78, 5) is 0. The summed E-state index contributed by atoms with van der Waals surface area (Å²) in [6.45, 7) is 5.16. The van der Waals surface area contributed by atoms with Gasteiger partial charge in [-0.3, -0.25) is 0 Å². The van der Waals surface area contributed by atoms with Crippen molar-refractivity contribution in [3.63, 3.8) is 0 Å². The normalized spacial score (nSPS) is 95.0. The molecule has 8 aliphatic rings. The van der Waals surface area contributed by atoms with Crippen LogP contribution in [0.25, 0.3) is 0 Å². The molecular weight excluding hydrogens is 216 g/mol. The van der Waals surface area contributed by atoms with E-state index in [-0.39, 0.29) is 0 Å². The van der Waals surface area contributed by atoms with E-state index in [1.807, 2.05) is 0 Å². The molecule has 0 heterocycles. The van der Waals surface area contributed by atoms with Crippen molar-refractivity contribution >= 4 is 0 Å². The van der Waals surface area contributed by atoms with Gasteiger partial charge in [0, 0.05) is 0 Å². The van der Waals surface area contributed by atoms with Gasteiger partial charge in [0.2, 0.25) is 0 Å². The lowest BCUT2D eigenvalue weighted by atomic mass is 9.26. The van der Waals surface area contributed by atoms with Gasteiger partial charge in [-0.2, -0.15) is 0 Å². The molecule has 12 unspecified atom stereocenters. The molecule has 8 rings (SSSR count). The highest BCUT2D eigenvalue weighted by Gasteiger charge is 3.27. The lowest BCUT2D eigenvalue weighted by Gasteiger charge is -2.77. The number of hydrogen-bond acceptors (Lipinski definition) is 0. The Morgan fingerprint density at radius 3 is 2.56 bits per heavy atom. The largest absolute Gasteiger partial charge is 0.0654 e. The number of hydrogen-bond donors (Lipinski definition) is 0. The van der Waals surface area contributed by atoms with Crippen LogP contribution in [0.15, 0.2) is 0 Å². The minimum atomic E-state index is 0.827. The lowest BCUT2D eigenvalue weighted by Crippen LogP contribution is -2.75. The molecule has 0 aromatic heterocycles. The van der Waals surface area contributed by atoms with Gasteiger partial charge in [0.1, 0.15) is 0 Å². The third kappa shape index (κ3) is 0.314. The first-order valence-electron chi connectivity index (χ1n) is 8.76. The minimum absolute atomic E-state index is 0.827. The van der Waals surface area contributed by atoms with Crippen LogP contribution < -0.4 is 0 Å². The van der Waals surface area contributed by atoms with Gasteiger partial charge in [-0.05, 0) is 88.3 Å². The van der Waals surface area contributed by atoms with E-state index in [0.717, 1.165) is 27.6 Å². The fraction of sp³-hybridized carbons (Fsp3) is 1.00. The van der Waals surface area contributed by atoms with Crippen LogP contribution in [-0.2, 0) is 0 Å². The minimum Gasteiger partial charge on any atom is -0.0654 e. The average molecular weight is 238 g/mol. The summed E-state index contributed by atoms with van der Waals surface area (Å²) in [7, 11) is 0. The van der Waals surface area contributed by atoms with Gasteiger partial charge < -0.3 is 0 Å². The maximum Gasteiger partial charge on any atom is -0.00934 e. The summed E-state index contributed by atoms with van der Waals surface area (Å²) < 4.78 is 0. The Morgan fingerprint density at radius 1 is 0.944 bits per heavy atom. The molecule has 0 aromatic rings. The molecule has 12 atom stereocenters. The van der Waals surface area contributed by atoms with Crippen molar-refractivity contribution in [2.75, 3.05) is 0 Å². The van der Waals surface area contributed by atoms with E-state index in [4.69, 9.17) is 0 Å². The second kappa shape index (κ2) is 1.61. The third-order valence-electron chi connectivity index (χ3n) is 11.1. The van der Waals surface area contributed by atoms with Gasteiger partial charge in [-0.1, -0.05) is 20.3 Å². The Hall–Kier alpha value is 0. The van der Waals surface area contributed by atoms with Gasteiger partial charge >= 0.3 is 0 Å². The van der Waals surface area contributed by atoms with Crippen molar-refractivity contribution in [1.29, 1.82) is 0 Å². The van der Waals surface area contributed by atoms with Gasteiger partial charge in [-0.25, -0.2) is 0 Å². The first kappa shape index (κ1) is 8.32. The summed E-state index contributed by atoms with van der Waals surface area (Å²) in [6, 6.07) is 0. The van der Waals surface area contributed by atoms with Crippen molar-refractivity contribution in [1.82, 2.24) is 0 Å². The topological polar surface area (TPSA) is 0 Å². The maximum atomic E-state index is 2.73. The van der Waals surface area contributed by atoms with Crippen LogP contribution in [0.3, 0.4) is 0 Å². The lowest BCUT2D eigenvalue weighted by molar-refractivity contribution is -0.314. The Morgan fingerprint density at radius 2 is 1.72 bits per heavy atom. The molecule has 0 heteroatoms. The molecule has 0 bridgehead atoms. The zero-order chi connectivity index (χ0) is 11.4. The Kier molecular flexibility index (Phi) is 0.744. The average Bonchev–Trinajstić information content (AvgIpc) is 3.10. The molecule has 0 nitrogen and oxygen atoms in total. The van der Waals surface area contributed by atoms with E-state index >= 15 is 0 Å². The van der Waals surface area contributed by atoms with Crippen LogP contribution in [0, 0.1) is 69.0 Å². The van der Waals surface area contributed by atoms with Gasteiger partial charge in [0.05, 0.1) is 0 Å². The van der Waals surface area contributed by atoms with Crippen molar-refractivity contribution in [2.24, 2.45) is 69.0 Å². The smallest absolute Gasteiger partial charge is 0.00934 e. The zero-order valence-corrected chi connectivity index (χ0v) is 11.4. The van der Waals surface area contributed by atoms with Gasteiger partial charge in [0.25, 0.3) is 0 Å². The fourth-order valence-corrected chi connectivity index (χ4v) is 12.0. The molecule has 8 saturated carbocycles. The van der Waals surface area contributed by atoms with Crippen LogP contribution in [0.4, 0.5) is 0 Å². The van der Waals surface area contributed by atoms with Gasteiger partial charge in [-0.15, -0.1) is 0 Å². The van der Waals surface area contributed by atoms with Crippen LogP contribution >= 0.6 is 0 Å². The zero-order valence-electron chi connectivity index (χ0n) is 11.4. The Balaban J connectivity index is 1.43. The number of fused-ring (bicyclic) bond motifs is 3. The SMILES string of the molecule is CCCC1C2C3C4C5C3C36C2C1(C)CCC31C4C516. The predicted molar refractivity (Wildman–Crippen MR) is 67.5 cm³/mol. The second-order valence-corrected chi connectivity index (χ2v) is 9.85. The summed E-state index contributed by atoms with van der Waals surface area (Å²) in [5.41, 5.74) is 3.97. The summed E-state index contributed by atoms with van der Waals surface area (Å²) in [5.74, 6) is 10.2. The van der Waals surface area contributed by atoms with Crippen molar-refractivity contribution < 1.29 is 0 Å². The molecule has 18 heavy (non-hydrogen) atoms. The van der Waals surface area contributed by atoms with E-state index in [0.29, 0.717) is 0 Å². The summed E-state index contributed by atoms with van der Waals surface area (Å²) in [6.07, 6.45) is 6.34. The van der Waals surface area contributed by atoms with E-state index in [9.17, 15) is 0 Å². The monoisotopic (exact) mass is 238 g/mol.